The fourth-order valence-electron chi connectivity index (χ4n) is 1.91. The van der Waals surface area contributed by atoms with Crippen molar-refractivity contribution in [1.82, 2.24) is 19.5 Å². The lowest BCUT2D eigenvalue weighted by Crippen LogP contribution is -2.31. The molecule has 148 valence electrons. The van der Waals surface area contributed by atoms with Gasteiger partial charge in [-0.25, -0.2) is 22.8 Å². The summed E-state index contributed by atoms with van der Waals surface area (Å²) in [4.78, 5) is 15.0. The van der Waals surface area contributed by atoms with Gasteiger partial charge in [0, 0.05) is 6.20 Å². The van der Waals surface area contributed by atoms with Gasteiger partial charge >= 0.3 is 12.4 Å². The average molecular weight is 437 g/mol. The predicted octanol–water partition coefficient (Wildman–Crippen LogP) is 2.65. The lowest BCUT2D eigenvalue weighted by molar-refractivity contribution is -0.143. The van der Waals surface area contributed by atoms with Crippen LogP contribution in [0.1, 0.15) is 21.6 Å². The van der Waals surface area contributed by atoms with Crippen molar-refractivity contribution in [3.63, 3.8) is 0 Å². The molecule has 0 aromatic carbocycles. The Bertz CT molecular complexity index is 1000. The summed E-state index contributed by atoms with van der Waals surface area (Å²) in [6, 6.07) is 0.335. The number of aromatic nitrogens is 3. The lowest BCUT2D eigenvalue weighted by Gasteiger charge is -2.14. The van der Waals surface area contributed by atoms with Gasteiger partial charge in [0.1, 0.15) is 0 Å². The third-order valence-electron chi connectivity index (χ3n) is 2.91. The quantitative estimate of drug-likeness (QED) is 0.747. The van der Waals surface area contributed by atoms with E-state index in [9.17, 15) is 39.6 Å². The van der Waals surface area contributed by atoms with E-state index in [4.69, 9.17) is 11.6 Å². The van der Waals surface area contributed by atoms with Crippen LogP contribution in [-0.4, -0.2) is 35.3 Å². The average Bonchev–Trinajstić information content (AvgIpc) is 2.89. The van der Waals surface area contributed by atoms with Crippen molar-refractivity contribution >= 4 is 27.5 Å². The molecule has 27 heavy (non-hydrogen) atoms. The van der Waals surface area contributed by atoms with Gasteiger partial charge in [-0.1, -0.05) is 11.6 Å². The maximum absolute atomic E-state index is 13.4. The Balaban J connectivity index is 2.64. The number of alkyl halides is 6. The number of halogens is 7. The molecule has 0 radical (unpaired) electrons. The van der Waals surface area contributed by atoms with Crippen LogP contribution in [0.25, 0.3) is 5.82 Å². The molecule has 1 N–H and O–H groups in total. The van der Waals surface area contributed by atoms with Crippen molar-refractivity contribution in [2.24, 2.45) is 0 Å². The first-order chi connectivity index (χ1) is 12.1. The number of rotatable bonds is 3. The number of hydrogen-bond acceptors (Lipinski definition) is 5. The van der Waals surface area contributed by atoms with Crippen molar-refractivity contribution in [2.45, 2.75) is 12.4 Å². The highest BCUT2D eigenvalue weighted by molar-refractivity contribution is 7.89. The standard InChI is InChI=1S/C12H7ClF6N4O3S/c1-27(25,26)22-10(24)6-4-21-23(8(6)12(17,18)19)9-7(13)2-5(3-20-9)11(14,15)16/h2-4H,1H3,(H,22,24). The largest absolute Gasteiger partial charge is 0.434 e. The van der Waals surface area contributed by atoms with Crippen molar-refractivity contribution < 1.29 is 39.6 Å². The van der Waals surface area contributed by atoms with E-state index in [0.29, 0.717) is 18.5 Å². The third kappa shape index (κ3) is 4.68. The van der Waals surface area contributed by atoms with Crippen LogP contribution in [0.3, 0.4) is 0 Å². The van der Waals surface area contributed by atoms with Gasteiger partial charge in [-0.15, -0.1) is 0 Å². The highest BCUT2D eigenvalue weighted by Gasteiger charge is 2.42. The maximum Gasteiger partial charge on any atom is 0.434 e. The van der Waals surface area contributed by atoms with E-state index < -0.39 is 55.9 Å². The molecule has 2 aromatic rings. The maximum atomic E-state index is 13.4. The molecule has 0 saturated carbocycles. The van der Waals surface area contributed by atoms with Gasteiger partial charge in [0.25, 0.3) is 5.91 Å². The Hall–Kier alpha value is -2.35. The molecular formula is C12H7ClF6N4O3S. The summed E-state index contributed by atoms with van der Waals surface area (Å²) < 4.78 is 101. The number of nitrogens with one attached hydrogen (secondary N) is 1. The van der Waals surface area contributed by atoms with E-state index in [1.807, 2.05) is 0 Å². The number of carbonyl (C=O) groups is 1. The number of pyridine rings is 1. The summed E-state index contributed by atoms with van der Waals surface area (Å²) in [6.45, 7) is 0. The molecule has 7 nitrogen and oxygen atoms in total. The van der Waals surface area contributed by atoms with E-state index >= 15 is 0 Å². The lowest BCUT2D eigenvalue weighted by atomic mass is 10.2. The zero-order chi connectivity index (χ0) is 20.8. The summed E-state index contributed by atoms with van der Waals surface area (Å²) in [5.41, 5.74) is -4.27. The van der Waals surface area contributed by atoms with Crippen molar-refractivity contribution in [3.05, 3.63) is 40.3 Å². The molecule has 15 heteroatoms. The fourth-order valence-corrected chi connectivity index (χ4v) is 2.61. The van der Waals surface area contributed by atoms with E-state index in [1.165, 1.54) is 4.72 Å². The van der Waals surface area contributed by atoms with E-state index in [0.717, 1.165) is 0 Å². The van der Waals surface area contributed by atoms with Crippen molar-refractivity contribution in [3.8, 4) is 5.82 Å². The highest BCUT2D eigenvalue weighted by atomic mass is 35.5. The Morgan fingerprint density at radius 2 is 1.74 bits per heavy atom. The minimum absolute atomic E-state index is 0.000317. The van der Waals surface area contributed by atoms with Crippen LogP contribution in [0.2, 0.25) is 5.02 Å². The van der Waals surface area contributed by atoms with Crippen LogP contribution in [0.15, 0.2) is 18.5 Å². The number of sulfonamides is 1. The second kappa shape index (κ2) is 6.67. The van der Waals surface area contributed by atoms with Gasteiger partial charge in [0.05, 0.1) is 28.6 Å². The monoisotopic (exact) mass is 436 g/mol. The number of nitrogens with zero attached hydrogens (tertiary/aromatic N) is 3. The molecule has 0 aliphatic carbocycles. The first-order valence-electron chi connectivity index (χ1n) is 6.51. The van der Waals surface area contributed by atoms with Crippen LogP contribution in [0, 0.1) is 0 Å². The SMILES string of the molecule is CS(=O)(=O)NC(=O)c1cnn(-c2ncc(C(F)(F)F)cc2Cl)c1C(F)(F)F. The summed E-state index contributed by atoms with van der Waals surface area (Å²) in [6.07, 6.45) is -8.92. The van der Waals surface area contributed by atoms with E-state index in [2.05, 4.69) is 10.1 Å². The highest BCUT2D eigenvalue weighted by Crippen LogP contribution is 2.36. The molecule has 0 fully saturated rings. The van der Waals surface area contributed by atoms with Crippen LogP contribution < -0.4 is 4.72 Å². The molecule has 2 rings (SSSR count). The molecular weight excluding hydrogens is 430 g/mol. The van der Waals surface area contributed by atoms with Crippen LogP contribution >= 0.6 is 11.6 Å². The van der Waals surface area contributed by atoms with E-state index in [1.54, 1.807) is 0 Å². The Morgan fingerprint density at radius 1 is 1.15 bits per heavy atom. The molecule has 0 aliphatic rings. The minimum atomic E-state index is -5.24. The Morgan fingerprint density at radius 3 is 2.19 bits per heavy atom. The van der Waals surface area contributed by atoms with Crippen LogP contribution in [0.5, 0.6) is 0 Å². The molecule has 2 heterocycles. The van der Waals surface area contributed by atoms with Crippen molar-refractivity contribution in [2.75, 3.05) is 6.26 Å². The third-order valence-corrected chi connectivity index (χ3v) is 3.74. The van der Waals surface area contributed by atoms with Crippen LogP contribution in [-0.2, 0) is 22.4 Å². The van der Waals surface area contributed by atoms with Gasteiger partial charge in [0.2, 0.25) is 10.0 Å². The molecule has 0 atom stereocenters. The zero-order valence-electron chi connectivity index (χ0n) is 12.9. The second-order valence-corrected chi connectivity index (χ2v) is 7.20. The normalized spacial score (nSPS) is 12.9. The number of amides is 1. The summed E-state index contributed by atoms with van der Waals surface area (Å²) >= 11 is 5.60. The zero-order valence-corrected chi connectivity index (χ0v) is 14.4. The predicted molar refractivity (Wildman–Crippen MR) is 78.7 cm³/mol. The smallest absolute Gasteiger partial charge is 0.268 e. The van der Waals surface area contributed by atoms with Gasteiger partial charge in [-0.3, -0.25) is 4.79 Å². The molecule has 2 aromatic heterocycles. The molecule has 0 aliphatic heterocycles. The summed E-state index contributed by atoms with van der Waals surface area (Å²) in [5.74, 6) is -2.48. The van der Waals surface area contributed by atoms with Crippen LogP contribution in [0.4, 0.5) is 26.3 Å². The Kier molecular flexibility index (Phi) is 5.18. The molecule has 0 bridgehead atoms. The number of hydrogen-bond donors (Lipinski definition) is 1. The topological polar surface area (TPSA) is 94.0 Å². The number of carbonyl (C=O) groups excluding carboxylic acids is 1. The van der Waals surface area contributed by atoms with Gasteiger partial charge in [-0.2, -0.15) is 31.4 Å². The minimum Gasteiger partial charge on any atom is -0.268 e. The van der Waals surface area contributed by atoms with Gasteiger partial charge in [-0.05, 0) is 6.07 Å². The first-order valence-corrected chi connectivity index (χ1v) is 8.78. The molecule has 1 amide bonds. The van der Waals surface area contributed by atoms with E-state index in [-0.39, 0.29) is 10.9 Å². The summed E-state index contributed by atoms with van der Waals surface area (Å²) in [5, 5.41) is 2.44. The molecule has 0 spiro atoms. The van der Waals surface area contributed by atoms with Crippen molar-refractivity contribution in [1.29, 1.82) is 0 Å². The Labute approximate surface area is 152 Å². The van der Waals surface area contributed by atoms with Gasteiger partial charge < -0.3 is 0 Å². The molecule has 0 saturated heterocycles. The molecule has 0 unspecified atom stereocenters. The van der Waals surface area contributed by atoms with Gasteiger partial charge in [0.15, 0.2) is 11.5 Å². The second-order valence-electron chi connectivity index (χ2n) is 5.05. The first kappa shape index (κ1) is 21.0. The fraction of sp³-hybridized carbons (Fsp3) is 0.250. The summed E-state index contributed by atoms with van der Waals surface area (Å²) in [7, 11) is -4.19.